The summed E-state index contributed by atoms with van der Waals surface area (Å²) in [6.45, 7) is 4.52. The van der Waals surface area contributed by atoms with E-state index in [9.17, 15) is 14.4 Å². The molecule has 130 valence electrons. The van der Waals surface area contributed by atoms with Crippen molar-refractivity contribution in [2.24, 2.45) is 20.0 Å². The van der Waals surface area contributed by atoms with Crippen molar-refractivity contribution in [3.63, 3.8) is 0 Å². The van der Waals surface area contributed by atoms with Crippen LogP contribution in [0.4, 0.5) is 0 Å². The molecule has 0 aliphatic heterocycles. The van der Waals surface area contributed by atoms with E-state index in [2.05, 4.69) is 18.8 Å². The normalized spacial score (nSPS) is 14.5. The predicted octanol–water partition coefficient (Wildman–Crippen LogP) is 0.0807. The van der Waals surface area contributed by atoms with Gasteiger partial charge in [-0.15, -0.1) is 0 Å². The second kappa shape index (κ2) is 5.92. The molecule has 0 spiro atoms. The molecular weight excluding hydrogens is 310 g/mol. The van der Waals surface area contributed by atoms with E-state index in [4.69, 9.17) is 0 Å². The molecule has 2 aromatic rings. The molecular formula is C16H23N5O3. The van der Waals surface area contributed by atoms with Crippen molar-refractivity contribution in [1.82, 2.24) is 23.6 Å². The molecule has 0 saturated heterocycles. The first-order valence-electron chi connectivity index (χ1n) is 8.21. The molecule has 1 aliphatic rings. The molecule has 2 heterocycles. The van der Waals surface area contributed by atoms with Gasteiger partial charge >= 0.3 is 5.69 Å². The molecule has 2 aromatic heterocycles. The van der Waals surface area contributed by atoms with Gasteiger partial charge in [-0.05, 0) is 18.8 Å². The van der Waals surface area contributed by atoms with Crippen LogP contribution in [-0.2, 0) is 25.4 Å². The van der Waals surface area contributed by atoms with Gasteiger partial charge in [0.15, 0.2) is 11.2 Å². The Morgan fingerprint density at radius 3 is 2.58 bits per heavy atom. The van der Waals surface area contributed by atoms with Gasteiger partial charge in [-0.1, -0.05) is 13.8 Å². The van der Waals surface area contributed by atoms with Crippen molar-refractivity contribution in [3.8, 4) is 0 Å². The van der Waals surface area contributed by atoms with Crippen LogP contribution >= 0.6 is 0 Å². The number of hydrogen-bond acceptors (Lipinski definition) is 4. The second-order valence-corrected chi connectivity index (χ2v) is 6.93. The molecule has 0 radical (unpaired) electrons. The van der Waals surface area contributed by atoms with E-state index in [1.165, 1.54) is 10.9 Å². The number of aryl methyl sites for hydroxylation is 2. The van der Waals surface area contributed by atoms with E-state index in [1.807, 2.05) is 4.90 Å². The Balaban J connectivity index is 2.00. The maximum Gasteiger partial charge on any atom is 0.332 e. The van der Waals surface area contributed by atoms with Crippen LogP contribution in [0.15, 0.2) is 15.9 Å². The molecule has 0 unspecified atom stereocenters. The fourth-order valence-corrected chi connectivity index (χ4v) is 3.00. The summed E-state index contributed by atoms with van der Waals surface area (Å²) < 4.78 is 3.90. The van der Waals surface area contributed by atoms with Crippen LogP contribution in [-0.4, -0.2) is 42.1 Å². The monoisotopic (exact) mass is 333 g/mol. The molecule has 1 fully saturated rings. The molecule has 0 bridgehead atoms. The first kappa shape index (κ1) is 16.5. The topological polar surface area (TPSA) is 82.1 Å². The SMILES string of the molecule is CC(C)CN(C(=O)Cn1c(=O)c2c(ncn2C)n(C)c1=O)C1CC1. The minimum atomic E-state index is -0.514. The molecule has 8 heteroatoms. The first-order valence-corrected chi connectivity index (χ1v) is 8.21. The van der Waals surface area contributed by atoms with Crippen LogP contribution in [0, 0.1) is 5.92 Å². The average molecular weight is 333 g/mol. The van der Waals surface area contributed by atoms with E-state index < -0.39 is 11.2 Å². The summed E-state index contributed by atoms with van der Waals surface area (Å²) in [5.74, 6) is 0.167. The van der Waals surface area contributed by atoms with Gasteiger partial charge in [-0.3, -0.25) is 14.2 Å². The highest BCUT2D eigenvalue weighted by molar-refractivity contribution is 5.77. The van der Waals surface area contributed by atoms with Crippen LogP contribution in [0.2, 0.25) is 0 Å². The van der Waals surface area contributed by atoms with Crippen LogP contribution in [0.3, 0.4) is 0 Å². The third kappa shape index (κ3) is 2.76. The van der Waals surface area contributed by atoms with Crippen LogP contribution in [0.25, 0.3) is 11.2 Å². The predicted molar refractivity (Wildman–Crippen MR) is 89.8 cm³/mol. The Labute approximate surface area is 139 Å². The van der Waals surface area contributed by atoms with Crippen LogP contribution in [0.5, 0.6) is 0 Å². The lowest BCUT2D eigenvalue weighted by molar-refractivity contribution is -0.133. The zero-order valence-corrected chi connectivity index (χ0v) is 14.5. The summed E-state index contributed by atoms with van der Waals surface area (Å²) >= 11 is 0. The third-order valence-electron chi connectivity index (χ3n) is 4.36. The number of carbonyl (C=O) groups excluding carboxylic acids is 1. The summed E-state index contributed by atoms with van der Waals surface area (Å²) in [6.07, 6.45) is 3.48. The quantitative estimate of drug-likeness (QED) is 0.776. The Kier molecular flexibility index (Phi) is 4.06. The standard InChI is InChI=1S/C16H23N5O3/c1-10(2)7-20(11-5-6-11)12(22)8-21-15(23)13-14(17-9-18(13)3)19(4)16(21)24/h9-11H,5-8H2,1-4H3. The average Bonchev–Trinajstić information content (AvgIpc) is 3.28. The van der Waals surface area contributed by atoms with Gasteiger partial charge in [0.1, 0.15) is 6.54 Å². The molecule has 1 aliphatic carbocycles. The molecule has 3 rings (SSSR count). The highest BCUT2D eigenvalue weighted by Crippen LogP contribution is 2.27. The number of hydrogen-bond donors (Lipinski definition) is 0. The largest absolute Gasteiger partial charge is 0.338 e. The summed E-state index contributed by atoms with van der Waals surface area (Å²) in [7, 11) is 3.26. The smallest absolute Gasteiger partial charge is 0.332 e. The summed E-state index contributed by atoms with van der Waals surface area (Å²) in [6, 6.07) is 0.250. The van der Waals surface area contributed by atoms with Gasteiger partial charge in [0.25, 0.3) is 5.56 Å². The van der Waals surface area contributed by atoms with E-state index in [0.29, 0.717) is 23.6 Å². The Hall–Kier alpha value is -2.38. The maximum absolute atomic E-state index is 12.7. The van der Waals surface area contributed by atoms with Crippen molar-refractivity contribution >= 4 is 17.1 Å². The van der Waals surface area contributed by atoms with Crippen molar-refractivity contribution in [2.75, 3.05) is 6.54 Å². The number of fused-ring (bicyclic) bond motifs is 1. The molecule has 1 amide bonds. The lowest BCUT2D eigenvalue weighted by atomic mass is 10.2. The molecule has 24 heavy (non-hydrogen) atoms. The zero-order chi connectivity index (χ0) is 17.6. The second-order valence-electron chi connectivity index (χ2n) is 6.93. The van der Waals surface area contributed by atoms with Gasteiger partial charge in [0, 0.05) is 26.7 Å². The van der Waals surface area contributed by atoms with Gasteiger partial charge in [-0.25, -0.2) is 14.3 Å². The molecule has 8 nitrogen and oxygen atoms in total. The van der Waals surface area contributed by atoms with E-state index in [1.54, 1.807) is 18.7 Å². The van der Waals surface area contributed by atoms with E-state index >= 15 is 0 Å². The van der Waals surface area contributed by atoms with Crippen molar-refractivity contribution < 1.29 is 4.79 Å². The van der Waals surface area contributed by atoms with Gasteiger partial charge in [0.2, 0.25) is 5.91 Å². The number of aromatic nitrogens is 4. The number of amides is 1. The number of imidazole rings is 1. The minimum absolute atomic E-state index is 0.174. The third-order valence-corrected chi connectivity index (χ3v) is 4.36. The molecule has 0 atom stereocenters. The molecule has 0 aromatic carbocycles. The molecule has 0 N–H and O–H groups in total. The van der Waals surface area contributed by atoms with Gasteiger partial charge < -0.3 is 9.47 Å². The van der Waals surface area contributed by atoms with Crippen molar-refractivity contribution in [3.05, 3.63) is 27.2 Å². The first-order chi connectivity index (χ1) is 11.3. The number of nitrogens with zero attached hydrogens (tertiary/aromatic N) is 5. The van der Waals surface area contributed by atoms with Crippen molar-refractivity contribution in [1.29, 1.82) is 0 Å². The highest BCUT2D eigenvalue weighted by atomic mass is 16.2. The zero-order valence-electron chi connectivity index (χ0n) is 14.5. The lowest BCUT2D eigenvalue weighted by Gasteiger charge is -2.24. The van der Waals surface area contributed by atoms with Gasteiger partial charge in [-0.2, -0.15) is 0 Å². The fraction of sp³-hybridized carbons (Fsp3) is 0.625. The lowest BCUT2D eigenvalue weighted by Crippen LogP contribution is -2.46. The van der Waals surface area contributed by atoms with Crippen LogP contribution in [0.1, 0.15) is 26.7 Å². The summed E-state index contributed by atoms with van der Waals surface area (Å²) in [5, 5.41) is 0. The number of carbonyl (C=O) groups is 1. The maximum atomic E-state index is 12.7. The highest BCUT2D eigenvalue weighted by Gasteiger charge is 2.33. The van der Waals surface area contributed by atoms with Crippen molar-refractivity contribution in [2.45, 2.75) is 39.3 Å². The van der Waals surface area contributed by atoms with Crippen LogP contribution < -0.4 is 11.2 Å². The summed E-state index contributed by atoms with van der Waals surface area (Å²) in [4.78, 5) is 43.8. The minimum Gasteiger partial charge on any atom is -0.338 e. The van der Waals surface area contributed by atoms with E-state index in [0.717, 1.165) is 17.4 Å². The van der Waals surface area contributed by atoms with E-state index in [-0.39, 0.29) is 18.5 Å². The Morgan fingerprint density at radius 2 is 2.00 bits per heavy atom. The number of rotatable bonds is 5. The Morgan fingerprint density at radius 1 is 1.33 bits per heavy atom. The summed E-state index contributed by atoms with van der Waals surface area (Å²) in [5.41, 5.74) is -0.328. The van der Waals surface area contributed by atoms with Gasteiger partial charge in [0.05, 0.1) is 6.33 Å². The molecule has 1 saturated carbocycles. The Bertz CT molecular complexity index is 901. The fourth-order valence-electron chi connectivity index (χ4n) is 3.00.